The molecule has 8 heteroatoms. The van der Waals surface area contributed by atoms with E-state index >= 15 is 0 Å². The minimum atomic E-state index is -0.316. The van der Waals surface area contributed by atoms with Crippen molar-refractivity contribution < 1.29 is 4.74 Å². The van der Waals surface area contributed by atoms with Gasteiger partial charge in [0.15, 0.2) is 0 Å². The second-order valence-electron chi connectivity index (χ2n) is 6.88. The summed E-state index contributed by atoms with van der Waals surface area (Å²) in [5.74, 6) is 0.667. The number of hydrogen-bond donors (Lipinski definition) is 2. The maximum absolute atomic E-state index is 12.8. The van der Waals surface area contributed by atoms with E-state index in [1.54, 1.807) is 18.2 Å². The van der Waals surface area contributed by atoms with Gasteiger partial charge in [0.25, 0.3) is 11.1 Å². The number of aromatic amines is 1. The number of nitrogens with zero attached hydrogens (tertiary/aromatic N) is 3. The Kier molecular flexibility index (Phi) is 5.30. The summed E-state index contributed by atoms with van der Waals surface area (Å²) >= 11 is 0. The molecule has 2 N–H and O–H groups in total. The van der Waals surface area contributed by atoms with Gasteiger partial charge in [-0.1, -0.05) is 42.5 Å². The van der Waals surface area contributed by atoms with Gasteiger partial charge in [0, 0.05) is 6.07 Å². The van der Waals surface area contributed by atoms with Crippen LogP contribution in [0.5, 0.6) is 5.88 Å². The number of fused-ring (bicyclic) bond motifs is 1. The van der Waals surface area contributed by atoms with E-state index in [1.807, 2.05) is 43.3 Å². The van der Waals surface area contributed by atoms with Crippen molar-refractivity contribution in [2.45, 2.75) is 19.5 Å². The number of hydrogen-bond acceptors (Lipinski definition) is 6. The lowest BCUT2D eigenvalue weighted by Crippen LogP contribution is -2.26. The Labute approximate surface area is 172 Å². The minimum Gasteiger partial charge on any atom is -0.480 e. The SMILES string of the molecule is COc1nn(Cc2cc(=O)[nH]c(N[C@H](C)c3ccccc3)n2)c(=O)c2ccccc12. The maximum Gasteiger partial charge on any atom is 0.275 e. The van der Waals surface area contributed by atoms with Crippen LogP contribution in [0.4, 0.5) is 5.95 Å². The first-order valence-corrected chi connectivity index (χ1v) is 9.50. The summed E-state index contributed by atoms with van der Waals surface area (Å²) in [6.45, 7) is 2.01. The van der Waals surface area contributed by atoms with Gasteiger partial charge in [-0.25, -0.2) is 9.67 Å². The average Bonchev–Trinajstić information content (AvgIpc) is 2.76. The number of benzene rings is 2. The summed E-state index contributed by atoms with van der Waals surface area (Å²) in [5.41, 5.74) is 0.875. The van der Waals surface area contributed by atoms with Crippen LogP contribution in [0.15, 0.2) is 70.3 Å². The molecule has 0 bridgehead atoms. The minimum absolute atomic E-state index is 0.0400. The number of methoxy groups -OCH3 is 1. The zero-order valence-corrected chi connectivity index (χ0v) is 16.6. The molecule has 4 rings (SSSR count). The van der Waals surface area contributed by atoms with E-state index in [2.05, 4.69) is 20.4 Å². The van der Waals surface area contributed by atoms with Crippen LogP contribution in [0.1, 0.15) is 24.2 Å². The number of nitrogens with one attached hydrogen (secondary N) is 2. The third-order valence-corrected chi connectivity index (χ3v) is 4.79. The van der Waals surface area contributed by atoms with E-state index in [4.69, 9.17) is 4.74 Å². The standard InChI is InChI=1S/C22H21N5O3/c1-14(15-8-4-3-5-9-15)23-22-24-16(12-19(28)25-22)13-27-21(29)18-11-7-6-10-17(18)20(26-27)30-2/h3-12,14H,13H2,1-2H3,(H2,23,24,25,28)/t14-/m1/s1. The zero-order chi connectivity index (χ0) is 21.1. The fourth-order valence-corrected chi connectivity index (χ4v) is 3.30. The summed E-state index contributed by atoms with van der Waals surface area (Å²) in [5, 5.41) is 8.61. The molecular formula is C22H21N5O3. The maximum atomic E-state index is 12.8. The Balaban J connectivity index is 1.67. The van der Waals surface area contributed by atoms with Crippen LogP contribution in [0.2, 0.25) is 0 Å². The van der Waals surface area contributed by atoms with Crippen molar-refractivity contribution >= 4 is 16.7 Å². The monoisotopic (exact) mass is 403 g/mol. The summed E-state index contributed by atoms with van der Waals surface area (Å²) in [4.78, 5) is 32.2. The fourth-order valence-electron chi connectivity index (χ4n) is 3.30. The first kappa shape index (κ1) is 19.4. The lowest BCUT2D eigenvalue weighted by Gasteiger charge is -2.15. The molecule has 0 fully saturated rings. The number of ether oxygens (including phenoxy) is 1. The number of H-pyrrole nitrogens is 1. The van der Waals surface area contributed by atoms with Gasteiger partial charge in [-0.2, -0.15) is 0 Å². The highest BCUT2D eigenvalue weighted by molar-refractivity contribution is 5.85. The quantitative estimate of drug-likeness (QED) is 0.513. The highest BCUT2D eigenvalue weighted by atomic mass is 16.5. The molecule has 0 aliphatic rings. The molecule has 0 radical (unpaired) electrons. The molecule has 0 aliphatic heterocycles. The van der Waals surface area contributed by atoms with Gasteiger partial charge in [-0.3, -0.25) is 14.6 Å². The molecule has 2 aromatic carbocycles. The van der Waals surface area contributed by atoms with Crippen molar-refractivity contribution in [1.29, 1.82) is 0 Å². The van der Waals surface area contributed by atoms with Crippen LogP contribution in [0, 0.1) is 0 Å². The Bertz CT molecular complexity index is 1300. The number of anilines is 1. The first-order chi connectivity index (χ1) is 14.5. The Morgan fingerprint density at radius 3 is 2.50 bits per heavy atom. The van der Waals surface area contributed by atoms with Gasteiger partial charge in [0.1, 0.15) is 0 Å². The molecule has 2 heterocycles. The van der Waals surface area contributed by atoms with Crippen LogP contribution in [0.25, 0.3) is 10.8 Å². The van der Waals surface area contributed by atoms with Crippen LogP contribution in [-0.4, -0.2) is 26.9 Å². The lowest BCUT2D eigenvalue weighted by atomic mass is 10.1. The van der Waals surface area contributed by atoms with Crippen LogP contribution < -0.4 is 21.2 Å². The van der Waals surface area contributed by atoms with Crippen molar-refractivity contribution in [2.24, 2.45) is 0 Å². The fraction of sp³-hybridized carbons (Fsp3) is 0.182. The Morgan fingerprint density at radius 1 is 1.07 bits per heavy atom. The molecule has 0 aliphatic carbocycles. The molecule has 0 spiro atoms. The Morgan fingerprint density at radius 2 is 1.77 bits per heavy atom. The Hall–Kier alpha value is -3.94. The van der Waals surface area contributed by atoms with Crippen molar-refractivity contribution in [3.63, 3.8) is 0 Å². The van der Waals surface area contributed by atoms with E-state index in [1.165, 1.54) is 17.9 Å². The molecule has 0 saturated carbocycles. The second-order valence-corrected chi connectivity index (χ2v) is 6.88. The third-order valence-electron chi connectivity index (χ3n) is 4.79. The predicted octanol–water partition coefficient (Wildman–Crippen LogP) is 2.71. The normalized spacial score (nSPS) is 11.9. The molecular weight excluding hydrogens is 382 g/mol. The van der Waals surface area contributed by atoms with Crippen LogP contribution in [0.3, 0.4) is 0 Å². The van der Waals surface area contributed by atoms with Gasteiger partial charge in [-0.15, -0.1) is 5.10 Å². The molecule has 0 saturated heterocycles. The summed E-state index contributed by atoms with van der Waals surface area (Å²) in [7, 11) is 1.50. The highest BCUT2D eigenvalue weighted by Gasteiger charge is 2.13. The molecule has 0 unspecified atom stereocenters. The van der Waals surface area contributed by atoms with E-state index < -0.39 is 0 Å². The zero-order valence-electron chi connectivity index (χ0n) is 16.6. The predicted molar refractivity (Wildman–Crippen MR) is 115 cm³/mol. The molecule has 0 amide bonds. The van der Waals surface area contributed by atoms with Crippen molar-refractivity contribution in [3.8, 4) is 5.88 Å². The van der Waals surface area contributed by atoms with E-state index in [0.29, 0.717) is 28.3 Å². The smallest absolute Gasteiger partial charge is 0.275 e. The number of aromatic nitrogens is 4. The van der Waals surface area contributed by atoms with Crippen LogP contribution in [-0.2, 0) is 6.54 Å². The average molecular weight is 403 g/mol. The molecule has 8 nitrogen and oxygen atoms in total. The lowest BCUT2D eigenvalue weighted by molar-refractivity contribution is 0.385. The van der Waals surface area contributed by atoms with Crippen molar-refractivity contribution in [3.05, 3.63) is 92.6 Å². The molecule has 30 heavy (non-hydrogen) atoms. The van der Waals surface area contributed by atoms with Gasteiger partial charge < -0.3 is 10.1 Å². The molecule has 2 aromatic heterocycles. The van der Waals surface area contributed by atoms with Gasteiger partial charge in [-0.05, 0) is 24.6 Å². The summed E-state index contributed by atoms with van der Waals surface area (Å²) < 4.78 is 6.60. The largest absolute Gasteiger partial charge is 0.480 e. The topological polar surface area (TPSA) is 102 Å². The van der Waals surface area contributed by atoms with E-state index in [9.17, 15) is 9.59 Å². The highest BCUT2D eigenvalue weighted by Crippen LogP contribution is 2.20. The molecule has 152 valence electrons. The van der Waals surface area contributed by atoms with E-state index in [0.717, 1.165) is 5.56 Å². The van der Waals surface area contributed by atoms with Gasteiger partial charge in [0.05, 0.1) is 36.2 Å². The van der Waals surface area contributed by atoms with Gasteiger partial charge >= 0.3 is 0 Å². The van der Waals surface area contributed by atoms with Crippen LogP contribution >= 0.6 is 0 Å². The van der Waals surface area contributed by atoms with E-state index in [-0.39, 0.29) is 23.7 Å². The third kappa shape index (κ3) is 3.93. The molecule has 1 atom stereocenters. The molecule has 4 aromatic rings. The van der Waals surface area contributed by atoms with Gasteiger partial charge in [0.2, 0.25) is 11.8 Å². The first-order valence-electron chi connectivity index (χ1n) is 9.50. The van der Waals surface area contributed by atoms with Crippen molar-refractivity contribution in [1.82, 2.24) is 19.7 Å². The number of rotatable bonds is 6. The van der Waals surface area contributed by atoms with Crippen molar-refractivity contribution in [2.75, 3.05) is 12.4 Å². The summed E-state index contributed by atoms with van der Waals surface area (Å²) in [6.07, 6.45) is 0. The summed E-state index contributed by atoms with van der Waals surface area (Å²) in [6, 6.07) is 18.2. The second kappa shape index (κ2) is 8.20.